The van der Waals surface area contributed by atoms with Crippen LogP contribution < -0.4 is 11.1 Å². The lowest BCUT2D eigenvalue weighted by Crippen LogP contribution is -2.29. The monoisotopic (exact) mass is 283 g/mol. The minimum atomic E-state index is -0.535. The molecule has 6 nitrogen and oxygen atoms in total. The van der Waals surface area contributed by atoms with Crippen LogP contribution in [0.2, 0.25) is 5.02 Å². The van der Waals surface area contributed by atoms with Crippen molar-refractivity contribution in [3.8, 4) is 5.69 Å². The highest BCUT2D eigenvalue weighted by atomic mass is 35.5. The molecular weight excluding hydrogens is 273 g/mol. The van der Waals surface area contributed by atoms with Gasteiger partial charge in [0.1, 0.15) is 11.5 Å². The number of aromatic nitrogens is 3. The second kappa shape index (κ2) is 5.77. The summed E-state index contributed by atoms with van der Waals surface area (Å²) in [7, 11) is 0. The number of carbonyl (C=O) groups excluding carboxylic acids is 1. The predicted octanol–water partition coefficient (Wildman–Crippen LogP) is 0.635. The average Bonchev–Trinajstić information content (AvgIpc) is 2.88. The Hall–Kier alpha value is -1.99. The fourth-order valence-corrected chi connectivity index (χ4v) is 1.51. The molecule has 0 aliphatic carbocycles. The first-order chi connectivity index (χ1) is 9.10. The fraction of sp³-hybridized carbons (Fsp3) is 0.182. The van der Waals surface area contributed by atoms with E-state index in [1.165, 1.54) is 16.8 Å². The van der Waals surface area contributed by atoms with Gasteiger partial charge in [-0.2, -0.15) is 0 Å². The maximum Gasteiger partial charge on any atom is 0.234 e. The van der Waals surface area contributed by atoms with Gasteiger partial charge in [-0.05, 0) is 12.1 Å². The Balaban J connectivity index is 2.12. The molecule has 0 aliphatic rings. The SMILES string of the molecule is NCC(=O)NCc1cn(-c2ccc(Cl)c(F)c2)nn1. The Morgan fingerprint density at radius 3 is 3.00 bits per heavy atom. The summed E-state index contributed by atoms with van der Waals surface area (Å²) in [6.45, 7) is 0.128. The molecule has 0 radical (unpaired) electrons. The van der Waals surface area contributed by atoms with Crippen LogP contribution >= 0.6 is 11.6 Å². The van der Waals surface area contributed by atoms with Crippen molar-refractivity contribution in [1.29, 1.82) is 0 Å². The van der Waals surface area contributed by atoms with Crippen molar-refractivity contribution >= 4 is 17.5 Å². The molecule has 0 saturated heterocycles. The Kier molecular flexibility index (Phi) is 4.08. The molecule has 1 aromatic carbocycles. The van der Waals surface area contributed by atoms with E-state index in [1.54, 1.807) is 12.3 Å². The molecule has 0 spiro atoms. The first-order valence-electron chi connectivity index (χ1n) is 5.43. The standard InChI is InChI=1S/C11H11ClFN5O/c12-9-2-1-8(3-10(9)13)18-6-7(16-17-18)5-15-11(19)4-14/h1-3,6H,4-5,14H2,(H,15,19). The lowest BCUT2D eigenvalue weighted by Gasteiger charge is -2.01. The van der Waals surface area contributed by atoms with Crippen LogP contribution in [-0.2, 0) is 11.3 Å². The van der Waals surface area contributed by atoms with E-state index in [2.05, 4.69) is 15.6 Å². The van der Waals surface area contributed by atoms with Crippen molar-refractivity contribution in [1.82, 2.24) is 20.3 Å². The second-order valence-corrected chi connectivity index (χ2v) is 4.14. The number of hydrogen-bond acceptors (Lipinski definition) is 4. The highest BCUT2D eigenvalue weighted by Crippen LogP contribution is 2.17. The predicted molar refractivity (Wildman–Crippen MR) is 67.2 cm³/mol. The van der Waals surface area contributed by atoms with Gasteiger partial charge in [0.25, 0.3) is 0 Å². The molecule has 0 saturated carbocycles. The van der Waals surface area contributed by atoms with Crippen LogP contribution in [0.1, 0.15) is 5.69 Å². The van der Waals surface area contributed by atoms with Crippen molar-refractivity contribution < 1.29 is 9.18 Å². The third-order valence-corrected chi connectivity index (χ3v) is 2.67. The summed E-state index contributed by atoms with van der Waals surface area (Å²) in [5.74, 6) is -0.820. The van der Waals surface area contributed by atoms with E-state index in [1.807, 2.05) is 0 Å². The molecular formula is C11H11ClFN5O. The normalized spacial score (nSPS) is 10.5. The average molecular weight is 284 g/mol. The molecule has 3 N–H and O–H groups in total. The molecule has 0 atom stereocenters. The summed E-state index contributed by atoms with van der Waals surface area (Å²) in [6, 6.07) is 4.30. The van der Waals surface area contributed by atoms with E-state index < -0.39 is 5.82 Å². The topological polar surface area (TPSA) is 85.8 Å². The zero-order valence-electron chi connectivity index (χ0n) is 9.81. The molecule has 1 amide bonds. The smallest absolute Gasteiger partial charge is 0.234 e. The number of nitrogens with one attached hydrogen (secondary N) is 1. The summed E-state index contributed by atoms with van der Waals surface area (Å²) in [4.78, 5) is 11.0. The minimum Gasteiger partial charge on any atom is -0.349 e. The van der Waals surface area contributed by atoms with Crippen LogP contribution in [-0.4, -0.2) is 27.4 Å². The zero-order valence-corrected chi connectivity index (χ0v) is 10.6. The minimum absolute atomic E-state index is 0.0410. The highest BCUT2D eigenvalue weighted by molar-refractivity contribution is 6.30. The number of amides is 1. The molecule has 100 valence electrons. The Morgan fingerprint density at radius 2 is 2.32 bits per heavy atom. The third kappa shape index (κ3) is 3.27. The van der Waals surface area contributed by atoms with E-state index in [0.29, 0.717) is 11.4 Å². The van der Waals surface area contributed by atoms with Crippen molar-refractivity contribution in [3.63, 3.8) is 0 Å². The van der Waals surface area contributed by atoms with Gasteiger partial charge < -0.3 is 11.1 Å². The van der Waals surface area contributed by atoms with Crippen LogP contribution in [0.4, 0.5) is 4.39 Å². The van der Waals surface area contributed by atoms with Crippen LogP contribution in [0.5, 0.6) is 0 Å². The molecule has 19 heavy (non-hydrogen) atoms. The molecule has 2 aromatic rings. The molecule has 8 heteroatoms. The van der Waals surface area contributed by atoms with Gasteiger partial charge in [0.15, 0.2) is 0 Å². The lowest BCUT2D eigenvalue weighted by atomic mass is 10.3. The van der Waals surface area contributed by atoms with Gasteiger partial charge in [0.2, 0.25) is 5.91 Å². The van der Waals surface area contributed by atoms with Gasteiger partial charge in [0, 0.05) is 6.07 Å². The van der Waals surface area contributed by atoms with Gasteiger partial charge in [0.05, 0.1) is 30.0 Å². The number of hydrogen-bond donors (Lipinski definition) is 2. The Labute approximate surface area is 113 Å². The fourth-order valence-electron chi connectivity index (χ4n) is 1.39. The molecule has 0 aliphatic heterocycles. The van der Waals surface area contributed by atoms with Gasteiger partial charge in [-0.1, -0.05) is 16.8 Å². The van der Waals surface area contributed by atoms with Gasteiger partial charge in [-0.15, -0.1) is 5.10 Å². The summed E-state index contributed by atoms with van der Waals surface area (Å²) in [5.41, 5.74) is 6.19. The third-order valence-electron chi connectivity index (χ3n) is 2.36. The largest absolute Gasteiger partial charge is 0.349 e. The van der Waals surface area contributed by atoms with Crippen LogP contribution in [0.15, 0.2) is 24.4 Å². The van der Waals surface area contributed by atoms with Crippen LogP contribution in [0.3, 0.4) is 0 Å². The maximum atomic E-state index is 13.3. The van der Waals surface area contributed by atoms with Crippen molar-refractivity contribution in [3.05, 3.63) is 40.9 Å². The number of nitrogens with zero attached hydrogens (tertiary/aromatic N) is 3. The summed E-state index contributed by atoms with van der Waals surface area (Å²) >= 11 is 5.59. The van der Waals surface area contributed by atoms with E-state index in [-0.39, 0.29) is 24.0 Å². The van der Waals surface area contributed by atoms with Gasteiger partial charge in [-0.25, -0.2) is 9.07 Å². The Bertz CT molecular complexity index is 601. The van der Waals surface area contributed by atoms with Crippen LogP contribution in [0.25, 0.3) is 5.69 Å². The Morgan fingerprint density at radius 1 is 1.53 bits per heavy atom. The van der Waals surface area contributed by atoms with Crippen molar-refractivity contribution in [2.75, 3.05) is 6.54 Å². The highest BCUT2D eigenvalue weighted by Gasteiger charge is 2.06. The quantitative estimate of drug-likeness (QED) is 0.862. The number of benzene rings is 1. The molecule has 0 fully saturated rings. The first-order valence-corrected chi connectivity index (χ1v) is 5.81. The van der Waals surface area contributed by atoms with E-state index in [0.717, 1.165) is 0 Å². The molecule has 0 unspecified atom stereocenters. The molecule has 1 aromatic heterocycles. The number of carbonyl (C=O) groups is 1. The van der Waals surface area contributed by atoms with E-state index in [4.69, 9.17) is 17.3 Å². The summed E-state index contributed by atoms with van der Waals surface area (Å²) in [5, 5.41) is 10.3. The summed E-state index contributed by atoms with van der Waals surface area (Å²) < 4.78 is 14.7. The van der Waals surface area contributed by atoms with E-state index in [9.17, 15) is 9.18 Å². The molecule has 1 heterocycles. The number of nitrogens with two attached hydrogens (primary N) is 1. The zero-order chi connectivity index (χ0) is 13.8. The van der Waals surface area contributed by atoms with Crippen molar-refractivity contribution in [2.24, 2.45) is 5.73 Å². The van der Waals surface area contributed by atoms with E-state index >= 15 is 0 Å². The van der Waals surface area contributed by atoms with Gasteiger partial charge in [-0.3, -0.25) is 4.79 Å². The first kappa shape index (κ1) is 13.4. The van der Waals surface area contributed by atoms with Crippen LogP contribution in [0, 0.1) is 5.82 Å². The number of halogens is 2. The summed E-state index contributed by atoms with van der Waals surface area (Å²) in [6.07, 6.45) is 1.58. The second-order valence-electron chi connectivity index (χ2n) is 3.73. The maximum absolute atomic E-state index is 13.3. The number of rotatable bonds is 4. The van der Waals surface area contributed by atoms with Crippen molar-refractivity contribution in [2.45, 2.75) is 6.54 Å². The van der Waals surface area contributed by atoms with Gasteiger partial charge >= 0.3 is 0 Å². The molecule has 2 rings (SSSR count). The molecule has 0 bridgehead atoms. The lowest BCUT2D eigenvalue weighted by molar-refractivity contribution is -0.119.